The largest absolute Gasteiger partial charge is 0.486 e. The minimum atomic E-state index is -0.403. The molecule has 21 heavy (non-hydrogen) atoms. The predicted molar refractivity (Wildman–Crippen MR) is 78.0 cm³/mol. The molecule has 0 spiro atoms. The summed E-state index contributed by atoms with van der Waals surface area (Å²) in [5.74, 6) is 0.964. The average molecular weight is 293 g/mol. The van der Waals surface area contributed by atoms with Gasteiger partial charge in [0, 0.05) is 18.2 Å². The molecule has 0 aromatic heterocycles. The second kappa shape index (κ2) is 5.40. The van der Waals surface area contributed by atoms with Crippen molar-refractivity contribution in [2.45, 2.75) is 31.2 Å². The van der Waals surface area contributed by atoms with Crippen LogP contribution in [0.5, 0.6) is 11.5 Å². The summed E-state index contributed by atoms with van der Waals surface area (Å²) in [5.41, 5.74) is 6.09. The summed E-state index contributed by atoms with van der Waals surface area (Å²) in [5, 5.41) is 14.6. The summed E-state index contributed by atoms with van der Waals surface area (Å²) in [6, 6.07) is 3.08. The molecule has 3 rings (SSSR count). The Morgan fingerprint density at radius 1 is 1.24 bits per heavy atom. The van der Waals surface area contributed by atoms with E-state index in [1.165, 1.54) is 6.07 Å². The minimum absolute atomic E-state index is 0.000949. The molecule has 0 amide bonds. The van der Waals surface area contributed by atoms with Gasteiger partial charge in [-0.3, -0.25) is 10.1 Å². The quantitative estimate of drug-likeness (QED) is 0.651. The van der Waals surface area contributed by atoms with Gasteiger partial charge in [0.05, 0.1) is 11.0 Å². The Bertz CT molecular complexity index is 555. The van der Waals surface area contributed by atoms with Crippen LogP contribution in [0.25, 0.3) is 0 Å². The van der Waals surface area contributed by atoms with Gasteiger partial charge in [-0.25, -0.2) is 0 Å². The lowest BCUT2D eigenvalue weighted by Gasteiger charge is -2.30. The van der Waals surface area contributed by atoms with Crippen LogP contribution in [0.3, 0.4) is 0 Å². The van der Waals surface area contributed by atoms with Crippen molar-refractivity contribution in [3.63, 3.8) is 0 Å². The Kier molecular flexibility index (Phi) is 3.59. The van der Waals surface area contributed by atoms with Gasteiger partial charge in [-0.2, -0.15) is 0 Å². The van der Waals surface area contributed by atoms with E-state index in [0.29, 0.717) is 36.9 Å². The second-order valence-electron chi connectivity index (χ2n) is 5.59. The zero-order valence-electron chi connectivity index (χ0n) is 11.8. The Balaban J connectivity index is 1.97. The van der Waals surface area contributed by atoms with Crippen molar-refractivity contribution < 1.29 is 14.4 Å². The number of nitrogens with one attached hydrogen (secondary N) is 1. The summed E-state index contributed by atoms with van der Waals surface area (Å²) in [4.78, 5) is 10.9. The van der Waals surface area contributed by atoms with Crippen LogP contribution in [0, 0.1) is 10.1 Å². The van der Waals surface area contributed by atoms with Gasteiger partial charge in [-0.15, -0.1) is 0 Å². The lowest BCUT2D eigenvalue weighted by Crippen LogP contribution is -2.42. The van der Waals surface area contributed by atoms with E-state index in [4.69, 9.17) is 15.2 Å². The maximum atomic E-state index is 11.3. The molecule has 7 nitrogen and oxygen atoms in total. The number of nitrogens with two attached hydrogens (primary N) is 1. The molecule has 2 aliphatic rings. The number of fused-ring (bicyclic) bond motifs is 1. The lowest BCUT2D eigenvalue weighted by atomic mass is 9.97. The normalized spacial score (nSPS) is 19.3. The van der Waals surface area contributed by atoms with E-state index >= 15 is 0 Å². The monoisotopic (exact) mass is 293 g/mol. The highest BCUT2D eigenvalue weighted by molar-refractivity contribution is 5.69. The molecule has 1 fully saturated rings. The summed E-state index contributed by atoms with van der Waals surface area (Å²) in [6.07, 6.45) is 4.02. The number of anilines is 1. The molecule has 114 valence electrons. The van der Waals surface area contributed by atoms with Crippen LogP contribution in [0.1, 0.15) is 25.7 Å². The van der Waals surface area contributed by atoms with Gasteiger partial charge in [-0.1, -0.05) is 12.8 Å². The van der Waals surface area contributed by atoms with Crippen LogP contribution in [0.4, 0.5) is 11.4 Å². The first-order valence-corrected chi connectivity index (χ1v) is 7.20. The first-order chi connectivity index (χ1) is 10.1. The van der Waals surface area contributed by atoms with E-state index in [9.17, 15) is 10.1 Å². The SMILES string of the molecule is NCC1(Nc2cc3c(cc2[N+](=O)[O-])OCCO3)CCCC1. The summed E-state index contributed by atoms with van der Waals surface area (Å²) in [6.45, 7) is 1.31. The van der Waals surface area contributed by atoms with E-state index in [-0.39, 0.29) is 11.2 Å². The molecular formula is C14H19N3O4. The third kappa shape index (κ3) is 2.61. The molecule has 1 aromatic rings. The molecule has 1 aromatic carbocycles. The number of hydrogen-bond acceptors (Lipinski definition) is 6. The van der Waals surface area contributed by atoms with Crippen molar-refractivity contribution in [2.24, 2.45) is 5.73 Å². The molecule has 0 bridgehead atoms. The van der Waals surface area contributed by atoms with Crippen molar-refractivity contribution in [1.29, 1.82) is 0 Å². The van der Waals surface area contributed by atoms with Crippen LogP contribution in [-0.4, -0.2) is 30.2 Å². The summed E-state index contributed by atoms with van der Waals surface area (Å²) < 4.78 is 10.9. The number of benzene rings is 1. The lowest BCUT2D eigenvalue weighted by molar-refractivity contribution is -0.384. The smallest absolute Gasteiger partial charge is 0.296 e. The fourth-order valence-electron chi connectivity index (χ4n) is 3.05. The van der Waals surface area contributed by atoms with Gasteiger partial charge < -0.3 is 20.5 Å². The molecular weight excluding hydrogens is 274 g/mol. The molecule has 0 radical (unpaired) electrons. The number of ether oxygens (including phenoxy) is 2. The highest BCUT2D eigenvalue weighted by Gasteiger charge is 2.35. The van der Waals surface area contributed by atoms with Gasteiger partial charge in [0.2, 0.25) is 0 Å². The van der Waals surface area contributed by atoms with Gasteiger partial charge in [-0.05, 0) is 12.8 Å². The third-order valence-corrected chi connectivity index (χ3v) is 4.21. The molecule has 0 saturated heterocycles. The standard InChI is InChI=1S/C14H19N3O4/c15-9-14(3-1-2-4-14)16-10-7-12-13(21-6-5-20-12)8-11(10)17(18)19/h7-8,16H,1-6,9,15H2. The predicted octanol–water partition coefficient (Wildman–Crippen LogP) is 2.05. The Hall–Kier alpha value is -2.02. The zero-order valence-corrected chi connectivity index (χ0v) is 11.8. The van der Waals surface area contributed by atoms with Crippen molar-refractivity contribution in [3.05, 3.63) is 22.2 Å². The number of hydrogen-bond donors (Lipinski definition) is 2. The van der Waals surface area contributed by atoms with Crippen molar-refractivity contribution in [2.75, 3.05) is 25.1 Å². The van der Waals surface area contributed by atoms with Crippen LogP contribution in [0.15, 0.2) is 12.1 Å². The van der Waals surface area contributed by atoms with E-state index in [2.05, 4.69) is 5.32 Å². The van der Waals surface area contributed by atoms with Gasteiger partial charge >= 0.3 is 0 Å². The van der Waals surface area contributed by atoms with Crippen molar-refractivity contribution >= 4 is 11.4 Å². The zero-order chi connectivity index (χ0) is 14.9. The Morgan fingerprint density at radius 3 is 2.43 bits per heavy atom. The molecule has 1 aliphatic heterocycles. The Labute approximate surface area is 122 Å². The first kappa shape index (κ1) is 13.9. The topological polar surface area (TPSA) is 99.7 Å². The highest BCUT2D eigenvalue weighted by Crippen LogP contribution is 2.42. The van der Waals surface area contributed by atoms with Gasteiger partial charge in [0.1, 0.15) is 18.9 Å². The van der Waals surface area contributed by atoms with E-state index in [0.717, 1.165) is 25.7 Å². The van der Waals surface area contributed by atoms with E-state index in [1.807, 2.05) is 0 Å². The third-order valence-electron chi connectivity index (χ3n) is 4.21. The number of nitrogens with zero attached hydrogens (tertiary/aromatic N) is 1. The number of rotatable bonds is 4. The molecule has 0 atom stereocenters. The molecule has 7 heteroatoms. The van der Waals surface area contributed by atoms with E-state index < -0.39 is 4.92 Å². The van der Waals surface area contributed by atoms with Crippen LogP contribution >= 0.6 is 0 Å². The van der Waals surface area contributed by atoms with Crippen LogP contribution < -0.4 is 20.5 Å². The molecule has 1 heterocycles. The van der Waals surface area contributed by atoms with E-state index in [1.54, 1.807) is 6.07 Å². The highest BCUT2D eigenvalue weighted by atomic mass is 16.6. The maximum absolute atomic E-state index is 11.3. The number of nitro groups is 1. The maximum Gasteiger partial charge on any atom is 0.296 e. The summed E-state index contributed by atoms with van der Waals surface area (Å²) in [7, 11) is 0. The second-order valence-corrected chi connectivity index (χ2v) is 5.59. The summed E-state index contributed by atoms with van der Waals surface area (Å²) >= 11 is 0. The Morgan fingerprint density at radius 2 is 1.86 bits per heavy atom. The van der Waals surface area contributed by atoms with Gasteiger partial charge in [0.25, 0.3) is 5.69 Å². The number of nitro benzene ring substituents is 1. The molecule has 1 aliphatic carbocycles. The first-order valence-electron chi connectivity index (χ1n) is 7.20. The van der Waals surface area contributed by atoms with Crippen molar-refractivity contribution in [1.82, 2.24) is 0 Å². The van der Waals surface area contributed by atoms with Crippen molar-refractivity contribution in [3.8, 4) is 11.5 Å². The average Bonchev–Trinajstić information content (AvgIpc) is 2.95. The molecule has 3 N–H and O–H groups in total. The molecule has 0 unspecified atom stereocenters. The molecule has 1 saturated carbocycles. The van der Waals surface area contributed by atoms with Crippen LogP contribution in [0.2, 0.25) is 0 Å². The van der Waals surface area contributed by atoms with Crippen LogP contribution in [-0.2, 0) is 0 Å². The fraction of sp³-hybridized carbons (Fsp3) is 0.571. The fourth-order valence-corrected chi connectivity index (χ4v) is 3.05. The minimum Gasteiger partial charge on any atom is -0.486 e. The van der Waals surface area contributed by atoms with Gasteiger partial charge in [0.15, 0.2) is 11.5 Å².